The van der Waals surface area contributed by atoms with E-state index in [1.165, 1.54) is 21.9 Å². The molecule has 3 aromatic heterocycles. The first-order chi connectivity index (χ1) is 28.3. The summed E-state index contributed by atoms with van der Waals surface area (Å²) >= 11 is 0. The number of aromatic nitrogens is 1. The van der Waals surface area contributed by atoms with Gasteiger partial charge in [-0.3, -0.25) is 16.0 Å². The number of nitrogens with zero attached hydrogens (tertiary/aromatic N) is 1. The Kier molecular flexibility index (Phi) is 7.25. The van der Waals surface area contributed by atoms with Crippen molar-refractivity contribution in [1.29, 1.82) is 0 Å². The molecule has 2 atom stereocenters. The van der Waals surface area contributed by atoms with E-state index in [1.807, 2.05) is 0 Å². The van der Waals surface area contributed by atoms with Gasteiger partial charge in [0, 0.05) is 38.1 Å². The van der Waals surface area contributed by atoms with Crippen LogP contribution in [0.25, 0.3) is 82.5 Å². The van der Waals surface area contributed by atoms with Crippen molar-refractivity contribution in [3.05, 3.63) is 199 Å². The van der Waals surface area contributed by atoms with E-state index in [0.717, 1.165) is 77.3 Å². The highest BCUT2D eigenvalue weighted by molar-refractivity contribution is 6.20. The first kappa shape index (κ1) is 32.3. The highest BCUT2D eigenvalue weighted by Crippen LogP contribution is 2.45. The lowest BCUT2D eigenvalue weighted by molar-refractivity contribution is 0.203. The number of fused-ring (bicyclic) bond motifs is 9. The predicted molar refractivity (Wildman–Crippen MR) is 231 cm³/mol. The Morgan fingerprint density at radius 3 is 1.56 bits per heavy atom. The lowest BCUT2D eigenvalue weighted by Gasteiger charge is -2.39. The van der Waals surface area contributed by atoms with Crippen molar-refractivity contribution in [3.8, 4) is 16.8 Å². The summed E-state index contributed by atoms with van der Waals surface area (Å²) in [5.41, 5.74) is 12.3. The van der Waals surface area contributed by atoms with Crippen LogP contribution in [0.4, 0.5) is 0 Å². The second kappa shape index (κ2) is 12.8. The second-order valence-electron chi connectivity index (χ2n) is 14.9. The van der Waals surface area contributed by atoms with Gasteiger partial charge < -0.3 is 13.4 Å². The molecule has 1 saturated heterocycles. The first-order valence-corrected chi connectivity index (χ1v) is 19.5. The standard InChI is InChI=1S/C51H36N4O2/c1-3-15-31(16-4-1)49-52-50(32-17-5-2-6-18-32)54-51(53-49)39-25-12-24-38-37-23-11-22-36(47(37)57-48(38)39)35-21-13-29-43-45(35)46-42(28-14-30-44(46)56-43)55-40-26-9-7-19-33(40)34-20-8-10-27-41(34)55/h1-30,49-54H. The van der Waals surface area contributed by atoms with E-state index in [0.29, 0.717) is 0 Å². The number of hydrogen-bond donors (Lipinski definition) is 3. The van der Waals surface area contributed by atoms with Crippen LogP contribution < -0.4 is 16.0 Å². The third kappa shape index (κ3) is 5.02. The topological polar surface area (TPSA) is 67.3 Å². The van der Waals surface area contributed by atoms with Crippen LogP contribution in [0.3, 0.4) is 0 Å². The second-order valence-corrected chi connectivity index (χ2v) is 14.9. The van der Waals surface area contributed by atoms with E-state index in [9.17, 15) is 0 Å². The summed E-state index contributed by atoms with van der Waals surface area (Å²) in [5.74, 6) is 0. The average Bonchev–Trinajstić information content (AvgIpc) is 3.97. The molecule has 12 rings (SSSR count). The maximum Gasteiger partial charge on any atom is 0.143 e. The van der Waals surface area contributed by atoms with Gasteiger partial charge in [-0.2, -0.15) is 0 Å². The molecule has 6 heteroatoms. The molecule has 1 fully saturated rings. The number of furan rings is 2. The molecular weight excluding hydrogens is 701 g/mol. The summed E-state index contributed by atoms with van der Waals surface area (Å²) in [5, 5.41) is 18.2. The monoisotopic (exact) mass is 736 g/mol. The van der Waals surface area contributed by atoms with E-state index in [2.05, 4.69) is 203 Å². The molecule has 0 aliphatic carbocycles. The molecule has 57 heavy (non-hydrogen) atoms. The average molecular weight is 737 g/mol. The Bertz CT molecular complexity index is 3210. The summed E-state index contributed by atoms with van der Waals surface area (Å²) in [4.78, 5) is 0. The molecular formula is C51H36N4O2. The third-order valence-electron chi connectivity index (χ3n) is 11.7. The summed E-state index contributed by atoms with van der Waals surface area (Å²) in [7, 11) is 0. The van der Waals surface area contributed by atoms with Crippen LogP contribution in [0.1, 0.15) is 35.2 Å². The number of para-hydroxylation sites is 4. The van der Waals surface area contributed by atoms with Crippen molar-refractivity contribution in [2.75, 3.05) is 0 Å². The van der Waals surface area contributed by atoms with Crippen molar-refractivity contribution in [3.63, 3.8) is 0 Å². The Hall–Kier alpha value is -6.96. The molecule has 0 radical (unpaired) electrons. The zero-order chi connectivity index (χ0) is 37.5. The van der Waals surface area contributed by atoms with Crippen molar-refractivity contribution >= 4 is 65.7 Å². The van der Waals surface area contributed by atoms with Gasteiger partial charge in [-0.15, -0.1) is 0 Å². The van der Waals surface area contributed by atoms with Gasteiger partial charge in [-0.1, -0.05) is 152 Å². The molecule has 6 nitrogen and oxygen atoms in total. The molecule has 11 aromatic rings. The molecule has 3 N–H and O–H groups in total. The highest BCUT2D eigenvalue weighted by atomic mass is 16.3. The zero-order valence-corrected chi connectivity index (χ0v) is 30.8. The lowest BCUT2D eigenvalue weighted by Crippen LogP contribution is -2.54. The summed E-state index contributed by atoms with van der Waals surface area (Å²) in [6.45, 7) is 0. The van der Waals surface area contributed by atoms with Crippen molar-refractivity contribution in [1.82, 2.24) is 20.5 Å². The van der Waals surface area contributed by atoms with Gasteiger partial charge in [0.05, 0.1) is 40.6 Å². The fraction of sp³-hybridized carbons (Fsp3) is 0.0588. The van der Waals surface area contributed by atoms with Gasteiger partial charge in [-0.05, 0) is 47.0 Å². The van der Waals surface area contributed by atoms with Crippen molar-refractivity contribution in [2.24, 2.45) is 0 Å². The molecule has 1 aliphatic heterocycles. The Labute approximate surface area is 327 Å². The molecule has 272 valence electrons. The number of rotatable bonds is 5. The quantitative estimate of drug-likeness (QED) is 0.164. The fourth-order valence-electron chi connectivity index (χ4n) is 9.22. The maximum atomic E-state index is 7.12. The number of hydrogen-bond acceptors (Lipinski definition) is 5. The van der Waals surface area contributed by atoms with Crippen LogP contribution in [0.15, 0.2) is 191 Å². The minimum atomic E-state index is -0.204. The number of nitrogens with one attached hydrogen (secondary N) is 3. The third-order valence-corrected chi connectivity index (χ3v) is 11.7. The predicted octanol–water partition coefficient (Wildman–Crippen LogP) is 12.4. The highest BCUT2D eigenvalue weighted by Gasteiger charge is 2.32. The van der Waals surface area contributed by atoms with Crippen LogP contribution in [0.5, 0.6) is 0 Å². The van der Waals surface area contributed by atoms with E-state index < -0.39 is 0 Å². The van der Waals surface area contributed by atoms with E-state index in [-0.39, 0.29) is 18.5 Å². The molecule has 2 unspecified atom stereocenters. The van der Waals surface area contributed by atoms with Gasteiger partial charge in [-0.25, -0.2) is 0 Å². The van der Waals surface area contributed by atoms with E-state index in [4.69, 9.17) is 8.83 Å². The summed E-state index contributed by atoms with van der Waals surface area (Å²) in [6, 6.07) is 64.2. The van der Waals surface area contributed by atoms with Crippen LogP contribution in [0, 0.1) is 0 Å². The van der Waals surface area contributed by atoms with Crippen LogP contribution in [-0.4, -0.2) is 4.57 Å². The van der Waals surface area contributed by atoms with Gasteiger partial charge >= 0.3 is 0 Å². The van der Waals surface area contributed by atoms with Crippen molar-refractivity contribution < 1.29 is 8.83 Å². The molecule has 4 heterocycles. The molecule has 0 bridgehead atoms. The van der Waals surface area contributed by atoms with Gasteiger partial charge in [0.15, 0.2) is 0 Å². The fourth-order valence-corrected chi connectivity index (χ4v) is 9.22. The van der Waals surface area contributed by atoms with Gasteiger partial charge in [0.25, 0.3) is 0 Å². The van der Waals surface area contributed by atoms with Crippen LogP contribution >= 0.6 is 0 Å². The van der Waals surface area contributed by atoms with Crippen LogP contribution in [0.2, 0.25) is 0 Å². The number of benzene rings is 8. The molecule has 0 spiro atoms. The SMILES string of the molecule is c1ccc(C2NC(c3ccccc3)NC(c3cccc4c3oc3c(-c5cccc6oc7cccc(-n8c9ccccc9c9ccccc98)c7c56)cccc34)N2)cc1. The zero-order valence-electron chi connectivity index (χ0n) is 30.8. The van der Waals surface area contributed by atoms with E-state index in [1.54, 1.807) is 0 Å². The smallest absolute Gasteiger partial charge is 0.143 e. The largest absolute Gasteiger partial charge is 0.456 e. The van der Waals surface area contributed by atoms with Crippen LogP contribution in [-0.2, 0) is 0 Å². The Morgan fingerprint density at radius 2 is 0.877 bits per heavy atom. The maximum absolute atomic E-state index is 7.12. The summed E-state index contributed by atoms with van der Waals surface area (Å²) < 4.78 is 16.2. The van der Waals surface area contributed by atoms with Gasteiger partial charge in [0.1, 0.15) is 22.3 Å². The van der Waals surface area contributed by atoms with Gasteiger partial charge in [0.2, 0.25) is 0 Å². The minimum Gasteiger partial charge on any atom is -0.456 e. The Balaban J connectivity index is 1.05. The molecule has 1 aliphatic rings. The molecule has 0 saturated carbocycles. The normalized spacial score (nSPS) is 17.4. The Morgan fingerprint density at radius 1 is 0.368 bits per heavy atom. The van der Waals surface area contributed by atoms with Crippen molar-refractivity contribution in [2.45, 2.75) is 18.5 Å². The minimum absolute atomic E-state index is 0.0893. The molecule has 8 aromatic carbocycles. The van der Waals surface area contributed by atoms with E-state index >= 15 is 0 Å². The first-order valence-electron chi connectivity index (χ1n) is 19.5. The lowest BCUT2D eigenvalue weighted by atomic mass is 9.96. The molecule has 0 amide bonds. The summed E-state index contributed by atoms with van der Waals surface area (Å²) in [6.07, 6.45) is -0.383.